The second-order valence-corrected chi connectivity index (χ2v) is 6.06. The number of hydrogen-bond donors (Lipinski definition) is 8. The number of thioether (sulfide) groups is 2. The van der Waals surface area contributed by atoms with Crippen molar-refractivity contribution < 1.29 is 9.59 Å². The quantitative estimate of drug-likeness (QED) is 0.147. The van der Waals surface area contributed by atoms with Gasteiger partial charge >= 0.3 is 12.1 Å². The maximum Gasteiger partial charge on any atom is 0.314 e. The number of amidine groups is 2. The molecule has 0 heterocycles. The van der Waals surface area contributed by atoms with Gasteiger partial charge in [-0.1, -0.05) is 23.5 Å². The number of carbonyl (C=O) groups is 2. The highest BCUT2D eigenvalue weighted by Gasteiger charge is 2.01. The van der Waals surface area contributed by atoms with Crippen LogP contribution in [0, 0.1) is 10.8 Å². The molecule has 126 valence electrons. The van der Waals surface area contributed by atoms with E-state index in [9.17, 15) is 9.59 Å². The van der Waals surface area contributed by atoms with E-state index in [2.05, 4.69) is 21.3 Å². The van der Waals surface area contributed by atoms with Crippen LogP contribution in [0.15, 0.2) is 0 Å². The smallest absolute Gasteiger partial charge is 0.314 e. The Balaban J connectivity index is 3.43. The van der Waals surface area contributed by atoms with Crippen LogP contribution in [0.25, 0.3) is 0 Å². The van der Waals surface area contributed by atoms with Crippen LogP contribution in [-0.2, 0) is 0 Å². The first-order valence-electron chi connectivity index (χ1n) is 6.39. The highest BCUT2D eigenvalue weighted by molar-refractivity contribution is 8.13. The normalized spacial score (nSPS) is 9.64. The Morgan fingerprint density at radius 2 is 1.05 bits per heavy atom. The van der Waals surface area contributed by atoms with Crippen molar-refractivity contribution in [1.82, 2.24) is 21.3 Å². The van der Waals surface area contributed by atoms with Crippen molar-refractivity contribution in [3.05, 3.63) is 0 Å². The summed E-state index contributed by atoms with van der Waals surface area (Å²) in [5.74, 6) is 1.06. The van der Waals surface area contributed by atoms with Crippen LogP contribution in [0.2, 0.25) is 0 Å². The second kappa shape index (κ2) is 12.9. The number of urea groups is 2. The molecule has 10 nitrogen and oxygen atoms in total. The van der Waals surface area contributed by atoms with E-state index in [1.807, 2.05) is 0 Å². The van der Waals surface area contributed by atoms with Crippen LogP contribution in [0.4, 0.5) is 9.59 Å². The molecule has 0 aromatic carbocycles. The van der Waals surface area contributed by atoms with Gasteiger partial charge in [0.2, 0.25) is 0 Å². The largest absolute Gasteiger partial charge is 0.379 e. The maximum atomic E-state index is 11.3. The molecule has 0 aromatic rings. The molecule has 0 aromatic heterocycles. The Kier molecular flexibility index (Phi) is 11.8. The number of carbonyl (C=O) groups excluding carboxylic acids is 2. The van der Waals surface area contributed by atoms with Crippen LogP contribution in [0.5, 0.6) is 0 Å². The molecular weight excluding hydrogens is 328 g/mol. The number of hydrogen-bond acceptors (Lipinski definition) is 6. The molecule has 0 aliphatic carbocycles. The number of amides is 4. The predicted molar refractivity (Wildman–Crippen MR) is 91.5 cm³/mol. The summed E-state index contributed by atoms with van der Waals surface area (Å²) in [4.78, 5) is 22.7. The minimum Gasteiger partial charge on any atom is -0.379 e. The summed E-state index contributed by atoms with van der Waals surface area (Å²) < 4.78 is 0. The zero-order chi connectivity index (χ0) is 16.8. The zero-order valence-corrected chi connectivity index (χ0v) is 13.7. The average molecular weight is 350 g/mol. The van der Waals surface area contributed by atoms with Crippen LogP contribution in [0.1, 0.15) is 0 Å². The van der Waals surface area contributed by atoms with E-state index in [-0.39, 0.29) is 22.4 Å². The van der Waals surface area contributed by atoms with Gasteiger partial charge in [-0.2, -0.15) is 0 Å². The summed E-state index contributed by atoms with van der Waals surface area (Å²) >= 11 is 2.29. The van der Waals surface area contributed by atoms with E-state index in [1.165, 1.54) is 0 Å². The lowest BCUT2D eigenvalue weighted by Gasteiger charge is -2.09. The first-order chi connectivity index (χ1) is 10.4. The van der Waals surface area contributed by atoms with Crippen molar-refractivity contribution in [2.24, 2.45) is 11.5 Å². The Labute approximate surface area is 137 Å². The van der Waals surface area contributed by atoms with Gasteiger partial charge in [0.25, 0.3) is 0 Å². The molecule has 0 atom stereocenters. The van der Waals surface area contributed by atoms with Crippen molar-refractivity contribution >= 4 is 45.9 Å². The second-order valence-electron chi connectivity index (χ2n) is 3.79. The summed E-state index contributed by atoms with van der Waals surface area (Å²) in [5, 5.41) is 24.3. The standard InChI is InChI=1S/C10H22N8O2S2/c11-7(12)21-5-3-17-9(19)15-1-2-16-10(20)18-4-6-22-8(13)14/h1-6H2,(H3,11,12)(H3,13,14)(H2,15,17,19)(H2,16,18,20). The van der Waals surface area contributed by atoms with E-state index in [4.69, 9.17) is 22.3 Å². The fourth-order valence-corrected chi connectivity index (χ4v) is 1.98. The number of rotatable bonds is 9. The Morgan fingerprint density at radius 3 is 1.36 bits per heavy atom. The maximum absolute atomic E-state index is 11.3. The van der Waals surface area contributed by atoms with Crippen molar-refractivity contribution in [3.8, 4) is 0 Å². The summed E-state index contributed by atoms with van der Waals surface area (Å²) in [6.07, 6.45) is 0. The molecular formula is C10H22N8O2S2. The van der Waals surface area contributed by atoms with Gasteiger partial charge in [-0.15, -0.1) is 0 Å². The Morgan fingerprint density at radius 1 is 0.727 bits per heavy atom. The van der Waals surface area contributed by atoms with E-state index < -0.39 is 0 Å². The molecule has 12 heteroatoms. The van der Waals surface area contributed by atoms with E-state index in [0.29, 0.717) is 37.7 Å². The van der Waals surface area contributed by atoms with Crippen LogP contribution in [-0.4, -0.2) is 60.1 Å². The fraction of sp³-hybridized carbons (Fsp3) is 0.600. The fourth-order valence-electron chi connectivity index (χ4n) is 1.13. The van der Waals surface area contributed by atoms with Crippen LogP contribution >= 0.6 is 23.5 Å². The van der Waals surface area contributed by atoms with Gasteiger partial charge in [-0.05, 0) is 0 Å². The van der Waals surface area contributed by atoms with E-state index in [0.717, 1.165) is 23.5 Å². The molecule has 0 unspecified atom stereocenters. The van der Waals surface area contributed by atoms with E-state index in [1.54, 1.807) is 0 Å². The van der Waals surface area contributed by atoms with E-state index >= 15 is 0 Å². The van der Waals surface area contributed by atoms with Gasteiger partial charge in [0.1, 0.15) is 0 Å². The third-order valence-electron chi connectivity index (χ3n) is 1.99. The molecule has 0 spiro atoms. The number of nitrogens with one attached hydrogen (secondary N) is 6. The molecule has 0 bridgehead atoms. The molecule has 0 rings (SSSR count). The lowest BCUT2D eigenvalue weighted by molar-refractivity contribution is 0.237. The van der Waals surface area contributed by atoms with Gasteiger partial charge in [0.15, 0.2) is 10.3 Å². The molecule has 22 heavy (non-hydrogen) atoms. The monoisotopic (exact) mass is 350 g/mol. The Hall–Kier alpha value is -1.82. The summed E-state index contributed by atoms with van der Waals surface area (Å²) in [6, 6.07) is -0.687. The first-order valence-corrected chi connectivity index (χ1v) is 8.36. The minimum absolute atomic E-state index is 0.0131. The lowest BCUT2D eigenvalue weighted by atomic mass is 10.6. The third kappa shape index (κ3) is 14.6. The van der Waals surface area contributed by atoms with Crippen molar-refractivity contribution in [3.63, 3.8) is 0 Å². The predicted octanol–water partition coefficient (Wildman–Crippen LogP) is -1.16. The molecule has 0 fully saturated rings. The number of nitrogens with two attached hydrogens (primary N) is 2. The van der Waals surface area contributed by atoms with Gasteiger partial charge < -0.3 is 32.7 Å². The van der Waals surface area contributed by atoms with Crippen LogP contribution in [0.3, 0.4) is 0 Å². The molecule has 0 saturated heterocycles. The molecule has 0 saturated carbocycles. The molecule has 0 aliphatic rings. The van der Waals surface area contributed by atoms with Crippen molar-refractivity contribution in [2.45, 2.75) is 0 Å². The van der Waals surface area contributed by atoms with Crippen LogP contribution < -0.4 is 32.7 Å². The lowest BCUT2D eigenvalue weighted by Crippen LogP contribution is -2.43. The molecule has 0 aliphatic heterocycles. The molecule has 4 amide bonds. The van der Waals surface area contributed by atoms with Gasteiger partial charge in [0.05, 0.1) is 0 Å². The minimum atomic E-state index is -0.343. The Bertz CT molecular complexity index is 357. The molecule has 10 N–H and O–H groups in total. The summed E-state index contributed by atoms with van der Waals surface area (Å²) in [7, 11) is 0. The first kappa shape index (κ1) is 20.2. The third-order valence-corrected chi connectivity index (χ3v) is 3.42. The zero-order valence-electron chi connectivity index (χ0n) is 12.0. The van der Waals surface area contributed by atoms with Gasteiger partial charge in [-0.3, -0.25) is 10.8 Å². The highest BCUT2D eigenvalue weighted by atomic mass is 32.2. The molecule has 0 radical (unpaired) electrons. The van der Waals surface area contributed by atoms with Crippen molar-refractivity contribution in [1.29, 1.82) is 10.8 Å². The van der Waals surface area contributed by atoms with Crippen molar-refractivity contribution in [2.75, 3.05) is 37.7 Å². The van der Waals surface area contributed by atoms with Gasteiger partial charge in [-0.25, -0.2) is 9.59 Å². The average Bonchev–Trinajstić information content (AvgIpc) is 2.44. The summed E-state index contributed by atoms with van der Waals surface area (Å²) in [6.45, 7) is 1.39. The topological polar surface area (TPSA) is 182 Å². The highest BCUT2D eigenvalue weighted by Crippen LogP contribution is 1.94. The summed E-state index contributed by atoms with van der Waals surface area (Å²) in [5.41, 5.74) is 10.3. The van der Waals surface area contributed by atoms with Gasteiger partial charge in [0, 0.05) is 37.7 Å². The SMILES string of the molecule is N=C(N)SCCNC(=O)NCCNC(=O)NCCSC(=N)N.